The number of ether oxygens (including phenoxy) is 2. The fourth-order valence-corrected chi connectivity index (χ4v) is 3.01. The first kappa shape index (κ1) is 20.9. The Bertz CT molecular complexity index is 489. The average Bonchev–Trinajstić information content (AvgIpc) is 2.53. The van der Waals surface area contributed by atoms with Gasteiger partial charge in [0, 0.05) is 0 Å². The van der Waals surface area contributed by atoms with E-state index in [1.165, 1.54) is 0 Å². The van der Waals surface area contributed by atoms with Gasteiger partial charge in [-0.3, -0.25) is 0 Å². The molecule has 0 bridgehead atoms. The standard InChI is InChI=1S/C20H34O3Si/c1-8-9-10-19(16-23-24(6,7)20(2,3)4)22-15-17-11-13-18(21-5)14-12-17/h8,11-14,19H,1,9-10,15-16H2,2-7H3/t19-/m0/s1. The molecule has 0 heterocycles. The van der Waals surface area contributed by atoms with Gasteiger partial charge in [0.2, 0.25) is 0 Å². The van der Waals surface area contributed by atoms with Crippen LogP contribution in [0.2, 0.25) is 18.1 Å². The summed E-state index contributed by atoms with van der Waals surface area (Å²) in [5, 5.41) is 0.214. The van der Waals surface area contributed by atoms with Gasteiger partial charge in [-0.1, -0.05) is 39.0 Å². The SMILES string of the molecule is C=CCC[C@@H](CO[Si](C)(C)C(C)(C)C)OCc1ccc(OC)cc1. The van der Waals surface area contributed by atoms with E-state index in [2.05, 4.69) is 40.4 Å². The van der Waals surface area contributed by atoms with Gasteiger partial charge in [0.25, 0.3) is 0 Å². The summed E-state index contributed by atoms with van der Waals surface area (Å²) < 4.78 is 17.6. The summed E-state index contributed by atoms with van der Waals surface area (Å²) >= 11 is 0. The van der Waals surface area contributed by atoms with E-state index < -0.39 is 8.32 Å². The lowest BCUT2D eigenvalue weighted by molar-refractivity contribution is 0.00184. The molecule has 0 unspecified atom stereocenters. The fourth-order valence-electron chi connectivity index (χ4n) is 1.97. The molecule has 1 aromatic carbocycles. The Morgan fingerprint density at radius 1 is 1.17 bits per heavy atom. The van der Waals surface area contributed by atoms with Gasteiger partial charge in [-0.2, -0.15) is 0 Å². The number of allylic oxidation sites excluding steroid dienone is 1. The maximum absolute atomic E-state index is 6.34. The molecule has 0 aliphatic rings. The predicted molar refractivity (Wildman–Crippen MR) is 104 cm³/mol. The Balaban J connectivity index is 2.59. The van der Waals surface area contributed by atoms with E-state index in [1.807, 2.05) is 30.3 Å². The lowest BCUT2D eigenvalue weighted by Crippen LogP contribution is -2.43. The molecule has 24 heavy (non-hydrogen) atoms. The topological polar surface area (TPSA) is 27.7 Å². The lowest BCUT2D eigenvalue weighted by atomic mass is 10.2. The zero-order valence-electron chi connectivity index (χ0n) is 16.2. The third-order valence-corrected chi connectivity index (χ3v) is 9.27. The van der Waals surface area contributed by atoms with Gasteiger partial charge >= 0.3 is 0 Å². The molecule has 1 rings (SSSR count). The molecular weight excluding hydrogens is 316 g/mol. The summed E-state index contributed by atoms with van der Waals surface area (Å²) in [6, 6.07) is 8.00. The van der Waals surface area contributed by atoms with E-state index in [1.54, 1.807) is 7.11 Å². The molecule has 0 aliphatic heterocycles. The molecule has 0 radical (unpaired) electrons. The van der Waals surface area contributed by atoms with Crippen LogP contribution in [0.3, 0.4) is 0 Å². The van der Waals surface area contributed by atoms with Crippen molar-refractivity contribution in [2.24, 2.45) is 0 Å². The van der Waals surface area contributed by atoms with Gasteiger partial charge in [0.15, 0.2) is 8.32 Å². The predicted octanol–water partition coefficient (Wildman–Crippen LogP) is 5.57. The van der Waals surface area contributed by atoms with E-state index in [-0.39, 0.29) is 11.1 Å². The Morgan fingerprint density at radius 3 is 2.29 bits per heavy atom. The summed E-state index contributed by atoms with van der Waals surface area (Å²) in [4.78, 5) is 0. The van der Waals surface area contributed by atoms with Crippen LogP contribution >= 0.6 is 0 Å². The molecule has 1 atom stereocenters. The molecular formula is C20H34O3Si. The molecule has 3 nitrogen and oxygen atoms in total. The van der Waals surface area contributed by atoms with E-state index in [0.717, 1.165) is 24.2 Å². The molecule has 0 aromatic heterocycles. The first-order chi connectivity index (χ1) is 11.2. The third-order valence-electron chi connectivity index (χ3n) is 4.77. The number of hydrogen-bond acceptors (Lipinski definition) is 3. The Hall–Kier alpha value is -1.10. The summed E-state index contributed by atoms with van der Waals surface area (Å²) in [6.45, 7) is 16.4. The second kappa shape index (κ2) is 9.40. The lowest BCUT2D eigenvalue weighted by Gasteiger charge is -2.37. The highest BCUT2D eigenvalue weighted by Gasteiger charge is 2.37. The van der Waals surface area contributed by atoms with Gasteiger partial charge in [-0.25, -0.2) is 0 Å². The second-order valence-electron chi connectivity index (χ2n) is 7.72. The van der Waals surface area contributed by atoms with E-state index in [9.17, 15) is 0 Å². The smallest absolute Gasteiger partial charge is 0.192 e. The molecule has 0 fully saturated rings. The highest BCUT2D eigenvalue weighted by atomic mass is 28.4. The van der Waals surface area contributed by atoms with Crippen molar-refractivity contribution in [3.8, 4) is 5.75 Å². The Morgan fingerprint density at radius 2 is 1.79 bits per heavy atom. The van der Waals surface area contributed by atoms with Crippen molar-refractivity contribution in [1.82, 2.24) is 0 Å². The monoisotopic (exact) mass is 350 g/mol. The number of benzene rings is 1. The highest BCUT2D eigenvalue weighted by molar-refractivity contribution is 6.74. The van der Waals surface area contributed by atoms with Crippen molar-refractivity contribution in [2.75, 3.05) is 13.7 Å². The van der Waals surface area contributed by atoms with Crippen LogP contribution in [0, 0.1) is 0 Å². The largest absolute Gasteiger partial charge is 0.497 e. The van der Waals surface area contributed by atoms with Gasteiger partial charge < -0.3 is 13.9 Å². The fraction of sp³-hybridized carbons (Fsp3) is 0.600. The molecule has 0 spiro atoms. The molecule has 0 saturated carbocycles. The van der Waals surface area contributed by atoms with Gasteiger partial charge in [0.1, 0.15) is 5.75 Å². The molecule has 0 amide bonds. The van der Waals surface area contributed by atoms with Crippen LogP contribution in [0.25, 0.3) is 0 Å². The van der Waals surface area contributed by atoms with Crippen molar-refractivity contribution >= 4 is 8.32 Å². The van der Waals surface area contributed by atoms with Crippen LogP contribution in [-0.4, -0.2) is 28.1 Å². The summed E-state index contributed by atoms with van der Waals surface area (Å²) in [5.74, 6) is 0.864. The Labute approximate surface area is 149 Å². The first-order valence-corrected chi connectivity index (χ1v) is 11.6. The highest BCUT2D eigenvalue weighted by Crippen LogP contribution is 2.36. The normalized spacial score (nSPS) is 13.6. The minimum absolute atomic E-state index is 0.0965. The van der Waals surface area contributed by atoms with E-state index in [4.69, 9.17) is 13.9 Å². The van der Waals surface area contributed by atoms with Gasteiger partial charge in [-0.05, 0) is 48.7 Å². The van der Waals surface area contributed by atoms with Crippen LogP contribution in [0.5, 0.6) is 5.75 Å². The minimum atomic E-state index is -1.75. The minimum Gasteiger partial charge on any atom is -0.497 e. The van der Waals surface area contributed by atoms with Crippen molar-refractivity contribution in [1.29, 1.82) is 0 Å². The van der Waals surface area contributed by atoms with Gasteiger partial charge in [-0.15, -0.1) is 6.58 Å². The summed E-state index contributed by atoms with van der Waals surface area (Å²) in [7, 11) is -0.0743. The Kier molecular flexibility index (Phi) is 8.20. The summed E-state index contributed by atoms with van der Waals surface area (Å²) in [6.07, 6.45) is 3.91. The number of hydrogen-bond donors (Lipinski definition) is 0. The zero-order chi connectivity index (χ0) is 18.2. The maximum Gasteiger partial charge on any atom is 0.192 e. The van der Waals surface area contributed by atoms with Crippen LogP contribution in [0.4, 0.5) is 0 Å². The molecule has 136 valence electrons. The average molecular weight is 351 g/mol. The van der Waals surface area contributed by atoms with Crippen LogP contribution < -0.4 is 4.74 Å². The number of rotatable bonds is 10. The number of methoxy groups -OCH3 is 1. The molecule has 0 aliphatic carbocycles. The van der Waals surface area contributed by atoms with Crippen molar-refractivity contribution in [3.05, 3.63) is 42.5 Å². The molecule has 1 aromatic rings. The second-order valence-corrected chi connectivity index (χ2v) is 12.5. The van der Waals surface area contributed by atoms with Crippen LogP contribution in [-0.2, 0) is 15.8 Å². The van der Waals surface area contributed by atoms with E-state index >= 15 is 0 Å². The van der Waals surface area contributed by atoms with Crippen LogP contribution in [0.15, 0.2) is 36.9 Å². The van der Waals surface area contributed by atoms with Gasteiger partial charge in [0.05, 0.1) is 26.4 Å². The molecule has 4 heteroatoms. The summed E-state index contributed by atoms with van der Waals surface area (Å²) in [5.41, 5.74) is 1.15. The van der Waals surface area contributed by atoms with Crippen molar-refractivity contribution in [3.63, 3.8) is 0 Å². The molecule has 0 N–H and O–H groups in total. The third kappa shape index (κ3) is 6.79. The quantitative estimate of drug-likeness (QED) is 0.408. The molecule has 0 saturated heterocycles. The zero-order valence-corrected chi connectivity index (χ0v) is 17.2. The first-order valence-electron chi connectivity index (χ1n) is 8.69. The van der Waals surface area contributed by atoms with Crippen molar-refractivity contribution in [2.45, 2.75) is 64.5 Å². The maximum atomic E-state index is 6.34. The van der Waals surface area contributed by atoms with Crippen LogP contribution in [0.1, 0.15) is 39.2 Å². The van der Waals surface area contributed by atoms with Crippen molar-refractivity contribution < 1.29 is 13.9 Å². The van der Waals surface area contributed by atoms with E-state index in [0.29, 0.717) is 13.2 Å².